The minimum Gasteiger partial charge on any atom is -0.462 e. The van der Waals surface area contributed by atoms with Crippen molar-refractivity contribution >= 4 is 37.8 Å². The lowest BCUT2D eigenvalue weighted by atomic mass is 9.86. The number of hydrogen-bond acceptors (Lipinski definition) is 4. The fourth-order valence-electron chi connectivity index (χ4n) is 3.47. The Morgan fingerprint density at radius 1 is 1.42 bits per heavy atom. The summed E-state index contributed by atoms with van der Waals surface area (Å²) in [5.41, 5.74) is 0.819. The Morgan fingerprint density at radius 2 is 2.12 bits per heavy atom. The highest BCUT2D eigenvalue weighted by Crippen LogP contribution is 2.49. The molecule has 2 aromatic rings. The van der Waals surface area contributed by atoms with E-state index in [1.807, 2.05) is 25.1 Å². The molecule has 1 aliphatic rings. The summed E-state index contributed by atoms with van der Waals surface area (Å²) in [6, 6.07) is 10.1. The first kappa shape index (κ1) is 19.3. The molecule has 0 fully saturated rings. The third kappa shape index (κ3) is 3.51. The monoisotopic (exact) mass is 482 g/mol. The van der Waals surface area contributed by atoms with Gasteiger partial charge in [0.05, 0.1) is 15.8 Å². The molecule has 0 spiro atoms. The molecule has 0 radical (unpaired) electrons. The van der Waals surface area contributed by atoms with Gasteiger partial charge in [0.2, 0.25) is 0 Å². The summed E-state index contributed by atoms with van der Waals surface area (Å²) in [4.78, 5) is 29.3. The number of rotatable bonds is 4. The largest absolute Gasteiger partial charge is 0.462 e. The van der Waals surface area contributed by atoms with Crippen LogP contribution < -0.4 is 5.56 Å². The Balaban J connectivity index is 1.97. The van der Waals surface area contributed by atoms with Gasteiger partial charge in [-0.3, -0.25) is 9.36 Å². The maximum absolute atomic E-state index is 12.8. The molecule has 2 heterocycles. The molecule has 1 aliphatic heterocycles. The Bertz CT molecular complexity index is 869. The molecule has 1 aromatic heterocycles. The molecule has 7 heteroatoms. The van der Waals surface area contributed by atoms with Crippen LogP contribution in [0.5, 0.6) is 0 Å². The van der Waals surface area contributed by atoms with Gasteiger partial charge in [-0.15, -0.1) is 0 Å². The predicted octanol–water partition coefficient (Wildman–Crippen LogP) is 4.20. The molecule has 1 unspecified atom stereocenters. The molecule has 138 valence electrons. The first-order valence-electron chi connectivity index (χ1n) is 8.53. The van der Waals surface area contributed by atoms with Gasteiger partial charge in [-0.2, -0.15) is 0 Å². The van der Waals surface area contributed by atoms with Crippen LogP contribution in [0.4, 0.5) is 0 Å². The van der Waals surface area contributed by atoms with Crippen LogP contribution in [-0.2, 0) is 11.2 Å². The molecule has 0 N–H and O–H groups in total. The van der Waals surface area contributed by atoms with Crippen LogP contribution in [0.2, 0.25) is 0 Å². The zero-order valence-corrected chi connectivity index (χ0v) is 17.8. The Kier molecular flexibility index (Phi) is 5.67. The van der Waals surface area contributed by atoms with Gasteiger partial charge in [-0.05, 0) is 25.8 Å². The highest BCUT2D eigenvalue weighted by Gasteiger charge is 2.43. The highest BCUT2D eigenvalue weighted by molar-refractivity contribution is 9.12. The molecule has 0 amide bonds. The second-order valence-electron chi connectivity index (χ2n) is 6.52. The van der Waals surface area contributed by atoms with Gasteiger partial charge in [0.25, 0.3) is 5.56 Å². The predicted molar refractivity (Wildman–Crippen MR) is 107 cm³/mol. The Hall–Kier alpha value is -1.47. The van der Waals surface area contributed by atoms with Crippen molar-refractivity contribution in [3.63, 3.8) is 0 Å². The van der Waals surface area contributed by atoms with E-state index in [0.717, 1.165) is 12.0 Å². The molecule has 5 nitrogen and oxygen atoms in total. The lowest BCUT2D eigenvalue weighted by Crippen LogP contribution is -2.44. The smallest absolute Gasteiger partial charge is 0.345 e. The van der Waals surface area contributed by atoms with E-state index < -0.39 is 5.97 Å². The first-order valence-corrected chi connectivity index (χ1v) is 10.2. The summed E-state index contributed by atoms with van der Waals surface area (Å²) in [6.07, 6.45) is 2.63. The van der Waals surface area contributed by atoms with Crippen molar-refractivity contribution in [3.05, 3.63) is 63.8 Å². The van der Waals surface area contributed by atoms with E-state index in [2.05, 4.69) is 49.0 Å². The summed E-state index contributed by atoms with van der Waals surface area (Å²) in [7, 11) is 0. The third-order valence-electron chi connectivity index (χ3n) is 4.64. The van der Waals surface area contributed by atoms with Crippen molar-refractivity contribution in [1.82, 2.24) is 9.55 Å². The number of fused-ring (bicyclic) bond motifs is 1. The first-order chi connectivity index (χ1) is 12.4. The summed E-state index contributed by atoms with van der Waals surface area (Å²) < 4.78 is 6.31. The molecule has 0 saturated carbocycles. The second kappa shape index (κ2) is 7.64. The summed E-state index contributed by atoms with van der Waals surface area (Å²) in [5.74, 6) is 0.0462. The van der Waals surface area contributed by atoms with Gasteiger partial charge < -0.3 is 4.74 Å². The zero-order valence-electron chi connectivity index (χ0n) is 14.6. The number of hydrogen-bond donors (Lipinski definition) is 0. The number of carbonyl (C=O) groups excluding carboxylic acids is 1. The topological polar surface area (TPSA) is 61.2 Å². The number of ether oxygens (including phenoxy) is 1. The quantitative estimate of drug-likeness (QED) is 0.483. The third-order valence-corrected chi connectivity index (χ3v) is 7.72. The van der Waals surface area contributed by atoms with Crippen molar-refractivity contribution in [2.75, 3.05) is 6.61 Å². The van der Waals surface area contributed by atoms with E-state index >= 15 is 0 Å². The molecule has 0 bridgehead atoms. The van der Waals surface area contributed by atoms with Crippen molar-refractivity contribution in [2.45, 2.75) is 41.9 Å². The van der Waals surface area contributed by atoms with E-state index in [9.17, 15) is 9.59 Å². The van der Waals surface area contributed by atoms with Crippen LogP contribution >= 0.6 is 31.9 Å². The van der Waals surface area contributed by atoms with Gasteiger partial charge in [0.1, 0.15) is 11.4 Å². The highest BCUT2D eigenvalue weighted by atomic mass is 79.9. The average molecular weight is 484 g/mol. The molecular formula is C19H20Br2N2O3. The number of carbonyl (C=O) groups is 1. The molecular weight excluding hydrogens is 464 g/mol. The van der Waals surface area contributed by atoms with Crippen molar-refractivity contribution in [1.29, 1.82) is 0 Å². The molecule has 3 rings (SSSR count). The van der Waals surface area contributed by atoms with Crippen LogP contribution in [0.25, 0.3) is 0 Å². The van der Waals surface area contributed by atoms with Crippen LogP contribution in [0, 0.1) is 0 Å². The fraction of sp³-hybridized carbons (Fsp3) is 0.421. The van der Waals surface area contributed by atoms with Crippen LogP contribution in [0.1, 0.15) is 52.9 Å². The van der Waals surface area contributed by atoms with Crippen LogP contribution in [-0.4, -0.2) is 26.5 Å². The molecule has 0 saturated heterocycles. The number of esters is 1. The number of aromatic nitrogens is 2. The van der Waals surface area contributed by atoms with Crippen molar-refractivity contribution < 1.29 is 9.53 Å². The van der Waals surface area contributed by atoms with Crippen LogP contribution in [0.3, 0.4) is 0 Å². The average Bonchev–Trinajstić information content (AvgIpc) is 2.61. The maximum Gasteiger partial charge on any atom is 0.345 e. The Labute approximate surface area is 169 Å². The number of benzene rings is 1. The summed E-state index contributed by atoms with van der Waals surface area (Å²) in [6.45, 7) is 3.91. The fourth-order valence-corrected chi connectivity index (χ4v) is 5.11. The lowest BCUT2D eigenvalue weighted by molar-refractivity contribution is 0.0522. The summed E-state index contributed by atoms with van der Waals surface area (Å²) in [5, 5.41) is 0. The molecule has 0 aliphatic carbocycles. The van der Waals surface area contributed by atoms with Gasteiger partial charge in [0.15, 0.2) is 0 Å². The summed E-state index contributed by atoms with van der Waals surface area (Å²) >= 11 is 7.73. The van der Waals surface area contributed by atoms with E-state index in [1.54, 1.807) is 11.5 Å². The van der Waals surface area contributed by atoms with E-state index in [0.29, 0.717) is 12.2 Å². The minimum absolute atomic E-state index is 0.0111. The number of nitrogens with zero attached hydrogens (tertiary/aromatic N) is 2. The maximum atomic E-state index is 12.8. The zero-order chi connectivity index (χ0) is 18.9. The number of alkyl halides is 2. The Morgan fingerprint density at radius 3 is 2.77 bits per heavy atom. The molecule has 3 atom stereocenters. The van der Waals surface area contributed by atoms with E-state index in [4.69, 9.17) is 4.74 Å². The number of halogens is 2. The van der Waals surface area contributed by atoms with E-state index in [1.165, 1.54) is 6.20 Å². The standard InChI is InChI=1S/C19H20Br2N2O3/c1-3-26-18(25)14-11-22-15-10-19(21,9-12(2)23(15)17(14)24)16(20)13-7-5-4-6-8-13/h4-8,11-12,16H,3,9-10H2,1-2H3/t12?,16-,19-/m1/s1. The normalized spacial score (nSPS) is 23.2. The van der Waals surface area contributed by atoms with Crippen molar-refractivity contribution in [3.8, 4) is 0 Å². The van der Waals surface area contributed by atoms with Gasteiger partial charge >= 0.3 is 5.97 Å². The van der Waals surface area contributed by atoms with Gasteiger partial charge in [0, 0.05) is 18.7 Å². The minimum atomic E-state index is -0.620. The van der Waals surface area contributed by atoms with Gasteiger partial charge in [-0.1, -0.05) is 62.2 Å². The van der Waals surface area contributed by atoms with Crippen LogP contribution in [0.15, 0.2) is 41.3 Å². The SMILES string of the molecule is CCOC(=O)c1cnc2n(c1=O)C(C)C[C@](Br)([C@H](Br)c1ccccc1)C2. The van der Waals surface area contributed by atoms with Crippen molar-refractivity contribution in [2.24, 2.45) is 0 Å². The van der Waals surface area contributed by atoms with E-state index in [-0.39, 0.29) is 32.9 Å². The lowest BCUT2D eigenvalue weighted by Gasteiger charge is -2.40. The van der Waals surface area contributed by atoms with Gasteiger partial charge in [-0.25, -0.2) is 9.78 Å². The molecule has 26 heavy (non-hydrogen) atoms. The molecule has 1 aromatic carbocycles. The second-order valence-corrected chi connectivity index (χ2v) is 9.02.